The number of morpholine rings is 1. The molecule has 1 fully saturated rings. The van der Waals surface area contributed by atoms with Gasteiger partial charge in [-0.15, -0.1) is 0 Å². The average molecular weight is 441 g/mol. The Kier molecular flexibility index (Phi) is 5.73. The Morgan fingerprint density at radius 1 is 1.12 bits per heavy atom. The summed E-state index contributed by atoms with van der Waals surface area (Å²) in [7, 11) is 0. The fraction of sp³-hybridized carbons (Fsp3) is 0.160. The number of H-pyrrole nitrogens is 1. The highest BCUT2D eigenvalue weighted by molar-refractivity contribution is 5.99. The third-order valence-electron chi connectivity index (χ3n) is 5.44. The number of amides is 1. The number of hydrogen-bond donors (Lipinski definition) is 2. The van der Waals surface area contributed by atoms with Gasteiger partial charge >= 0.3 is 0 Å². The van der Waals surface area contributed by atoms with Gasteiger partial charge < -0.3 is 24.7 Å². The number of aromatic amines is 1. The molecule has 1 amide bonds. The summed E-state index contributed by atoms with van der Waals surface area (Å²) < 4.78 is 11.6. The van der Waals surface area contributed by atoms with E-state index in [0.717, 1.165) is 48.6 Å². The number of nitrogens with one attached hydrogen (secondary N) is 2. The van der Waals surface area contributed by atoms with E-state index in [1.807, 2.05) is 18.2 Å². The van der Waals surface area contributed by atoms with E-state index in [4.69, 9.17) is 9.47 Å². The number of ether oxygens (including phenoxy) is 2. The van der Waals surface area contributed by atoms with Crippen LogP contribution in [0.25, 0.3) is 22.3 Å². The predicted molar refractivity (Wildman–Crippen MR) is 128 cm³/mol. The van der Waals surface area contributed by atoms with Gasteiger partial charge in [-0.1, -0.05) is 30.8 Å². The van der Waals surface area contributed by atoms with Crippen LogP contribution in [0, 0.1) is 0 Å². The average Bonchev–Trinajstić information content (AvgIpc) is 3.30. The highest BCUT2D eigenvalue weighted by Gasteiger charge is 2.18. The van der Waals surface area contributed by atoms with Gasteiger partial charge in [-0.3, -0.25) is 4.79 Å². The predicted octanol–water partition coefficient (Wildman–Crippen LogP) is 4.38. The molecule has 8 heteroatoms. The Morgan fingerprint density at radius 3 is 2.82 bits per heavy atom. The second-order valence-electron chi connectivity index (χ2n) is 7.56. The zero-order chi connectivity index (χ0) is 22.6. The van der Waals surface area contributed by atoms with E-state index in [2.05, 4.69) is 43.9 Å². The highest BCUT2D eigenvalue weighted by atomic mass is 16.5. The first-order chi connectivity index (χ1) is 16.2. The molecule has 5 rings (SSSR count). The molecule has 0 radical (unpaired) electrons. The summed E-state index contributed by atoms with van der Waals surface area (Å²) in [5, 5.41) is 3.50. The van der Waals surface area contributed by atoms with Gasteiger partial charge in [-0.2, -0.15) is 0 Å². The number of rotatable bonds is 6. The quantitative estimate of drug-likeness (QED) is 0.432. The molecule has 0 aliphatic carbocycles. The van der Waals surface area contributed by atoms with Gasteiger partial charge in [0.2, 0.25) is 11.8 Å². The summed E-state index contributed by atoms with van der Waals surface area (Å²) in [5.74, 6) is 0.692. The first-order valence-corrected chi connectivity index (χ1v) is 10.7. The number of nitrogens with zero attached hydrogens (tertiary/aromatic N) is 3. The van der Waals surface area contributed by atoms with Crippen LogP contribution in [-0.4, -0.2) is 47.2 Å². The molecule has 0 spiro atoms. The third kappa shape index (κ3) is 4.42. The number of para-hydroxylation sites is 1. The Balaban J connectivity index is 1.47. The van der Waals surface area contributed by atoms with Crippen molar-refractivity contribution in [2.45, 2.75) is 0 Å². The molecule has 1 aliphatic rings. The molecule has 33 heavy (non-hydrogen) atoms. The largest absolute Gasteiger partial charge is 0.438 e. The Hall–Kier alpha value is -4.17. The van der Waals surface area contributed by atoms with Crippen LogP contribution < -0.4 is 15.0 Å². The molecule has 0 unspecified atom stereocenters. The number of benzene rings is 2. The first-order valence-electron chi connectivity index (χ1n) is 10.7. The second-order valence-corrected chi connectivity index (χ2v) is 7.56. The van der Waals surface area contributed by atoms with Crippen LogP contribution in [0.15, 0.2) is 73.6 Å². The highest BCUT2D eigenvalue weighted by Crippen LogP contribution is 2.35. The van der Waals surface area contributed by atoms with Crippen LogP contribution in [0.1, 0.15) is 0 Å². The lowest BCUT2D eigenvalue weighted by molar-refractivity contribution is -0.111. The fourth-order valence-corrected chi connectivity index (χ4v) is 3.87. The van der Waals surface area contributed by atoms with Crippen molar-refractivity contribution in [2.24, 2.45) is 0 Å². The summed E-state index contributed by atoms with van der Waals surface area (Å²) in [6.45, 7) is 6.61. The fourth-order valence-electron chi connectivity index (χ4n) is 3.87. The molecule has 166 valence electrons. The lowest BCUT2D eigenvalue weighted by Crippen LogP contribution is -2.36. The van der Waals surface area contributed by atoms with Crippen molar-refractivity contribution < 1.29 is 14.3 Å². The lowest BCUT2D eigenvalue weighted by atomic mass is 10.1. The van der Waals surface area contributed by atoms with E-state index in [9.17, 15) is 4.79 Å². The van der Waals surface area contributed by atoms with Crippen LogP contribution in [-0.2, 0) is 9.53 Å². The van der Waals surface area contributed by atoms with E-state index < -0.39 is 0 Å². The van der Waals surface area contributed by atoms with E-state index in [0.29, 0.717) is 23.0 Å². The number of anilines is 2. The standard InChI is InChI=1S/C25H23N5O3/c1-2-23(31)28-17-6-5-7-18(14-17)33-25-20-15-21(29-24(20)26-16-27-25)19-8-3-4-9-22(19)30-10-12-32-13-11-30/h2-9,14-16H,1,10-13H2,(H,28,31)(H,26,27,29). The van der Waals surface area contributed by atoms with Gasteiger partial charge in [0.1, 0.15) is 17.7 Å². The maximum absolute atomic E-state index is 11.6. The van der Waals surface area contributed by atoms with E-state index >= 15 is 0 Å². The van der Waals surface area contributed by atoms with Crippen LogP contribution in [0.4, 0.5) is 11.4 Å². The third-order valence-corrected chi connectivity index (χ3v) is 5.44. The molecule has 2 aromatic heterocycles. The number of carbonyl (C=O) groups excluding carboxylic acids is 1. The summed E-state index contributed by atoms with van der Waals surface area (Å²) in [6.07, 6.45) is 2.69. The monoisotopic (exact) mass is 441 g/mol. The van der Waals surface area contributed by atoms with Crippen molar-refractivity contribution >= 4 is 28.3 Å². The maximum Gasteiger partial charge on any atom is 0.247 e. The van der Waals surface area contributed by atoms with Gasteiger partial charge in [0.15, 0.2) is 0 Å². The van der Waals surface area contributed by atoms with Crippen LogP contribution in [0.5, 0.6) is 11.6 Å². The summed E-state index contributed by atoms with van der Waals surface area (Å²) in [6, 6.07) is 17.4. The van der Waals surface area contributed by atoms with Crippen molar-refractivity contribution in [3.8, 4) is 22.9 Å². The minimum atomic E-state index is -0.286. The molecule has 0 saturated carbocycles. The summed E-state index contributed by atoms with van der Waals surface area (Å²) >= 11 is 0. The minimum absolute atomic E-state index is 0.286. The molecule has 2 aromatic carbocycles. The molecule has 8 nitrogen and oxygen atoms in total. The Bertz CT molecular complexity index is 1310. The van der Waals surface area contributed by atoms with Crippen LogP contribution in [0.3, 0.4) is 0 Å². The minimum Gasteiger partial charge on any atom is -0.438 e. The van der Waals surface area contributed by atoms with Crippen molar-refractivity contribution in [3.05, 3.63) is 73.6 Å². The summed E-state index contributed by atoms with van der Waals surface area (Å²) in [5.41, 5.74) is 4.45. The molecule has 4 aromatic rings. The van der Waals surface area contributed by atoms with Crippen molar-refractivity contribution in [2.75, 3.05) is 36.5 Å². The molecule has 2 N–H and O–H groups in total. The van der Waals surface area contributed by atoms with E-state index in [-0.39, 0.29) is 5.91 Å². The molecule has 0 atom stereocenters. The summed E-state index contributed by atoms with van der Waals surface area (Å²) in [4.78, 5) is 26.1. The first kappa shape index (κ1) is 20.7. The molecule has 1 saturated heterocycles. The Labute approximate surface area is 190 Å². The van der Waals surface area contributed by atoms with Gasteiger partial charge in [0.25, 0.3) is 0 Å². The van der Waals surface area contributed by atoms with Crippen molar-refractivity contribution in [3.63, 3.8) is 0 Å². The zero-order valence-electron chi connectivity index (χ0n) is 18.0. The second kappa shape index (κ2) is 9.13. The van der Waals surface area contributed by atoms with Gasteiger partial charge in [-0.25, -0.2) is 9.97 Å². The van der Waals surface area contributed by atoms with Gasteiger partial charge in [-0.05, 0) is 30.3 Å². The van der Waals surface area contributed by atoms with Crippen LogP contribution in [0.2, 0.25) is 0 Å². The van der Waals surface area contributed by atoms with E-state index in [1.54, 1.807) is 24.3 Å². The number of carbonyl (C=O) groups is 1. The van der Waals surface area contributed by atoms with Crippen LogP contribution >= 0.6 is 0 Å². The topological polar surface area (TPSA) is 92.4 Å². The number of hydrogen-bond acceptors (Lipinski definition) is 6. The molecule has 0 bridgehead atoms. The van der Waals surface area contributed by atoms with Crippen molar-refractivity contribution in [1.29, 1.82) is 0 Å². The maximum atomic E-state index is 11.6. The van der Waals surface area contributed by atoms with Gasteiger partial charge in [0, 0.05) is 41.8 Å². The molecular weight excluding hydrogens is 418 g/mol. The number of fused-ring (bicyclic) bond motifs is 1. The van der Waals surface area contributed by atoms with Crippen molar-refractivity contribution in [1.82, 2.24) is 15.0 Å². The Morgan fingerprint density at radius 2 is 1.97 bits per heavy atom. The molecule has 1 aliphatic heterocycles. The molecular formula is C25H23N5O3. The zero-order valence-corrected chi connectivity index (χ0v) is 18.0. The van der Waals surface area contributed by atoms with E-state index in [1.165, 1.54) is 12.4 Å². The normalized spacial score (nSPS) is 13.6. The SMILES string of the molecule is C=CC(=O)Nc1cccc(Oc2ncnc3[nH]c(-c4ccccc4N4CCOCC4)cc23)c1. The molecule has 3 heterocycles. The lowest BCUT2D eigenvalue weighted by Gasteiger charge is -2.30. The smallest absolute Gasteiger partial charge is 0.247 e. The number of aromatic nitrogens is 3. The van der Waals surface area contributed by atoms with Gasteiger partial charge in [0.05, 0.1) is 18.6 Å².